The first kappa shape index (κ1) is 9.37. The smallest absolute Gasteiger partial charge is 0.233 e. The zero-order valence-corrected chi connectivity index (χ0v) is 8.32. The maximum atomic E-state index is 11.5. The van der Waals surface area contributed by atoms with Crippen molar-refractivity contribution in [3.63, 3.8) is 0 Å². The molecule has 4 heteroatoms. The molecule has 2 fully saturated rings. The fourth-order valence-electron chi connectivity index (χ4n) is 1.74. The first-order valence-electron chi connectivity index (χ1n) is 4.90. The molecule has 0 aromatic carbocycles. The minimum absolute atomic E-state index is 0.0255. The first-order valence-corrected chi connectivity index (χ1v) is 4.90. The maximum Gasteiger partial charge on any atom is 0.233 e. The molecule has 2 unspecified atom stereocenters. The molecule has 0 spiro atoms. The average molecular weight is 195 g/mol. The number of amides is 2. The van der Waals surface area contributed by atoms with Gasteiger partial charge in [-0.25, -0.2) is 0 Å². The van der Waals surface area contributed by atoms with E-state index in [1.54, 1.807) is 13.8 Å². The van der Waals surface area contributed by atoms with Gasteiger partial charge in [0.15, 0.2) is 5.78 Å². The van der Waals surface area contributed by atoms with Gasteiger partial charge in [-0.2, -0.15) is 0 Å². The van der Waals surface area contributed by atoms with Crippen LogP contribution in [0.4, 0.5) is 0 Å². The summed E-state index contributed by atoms with van der Waals surface area (Å²) in [7, 11) is 0. The van der Waals surface area contributed by atoms with Crippen LogP contribution < -0.4 is 0 Å². The molecular weight excluding hydrogens is 182 g/mol. The van der Waals surface area contributed by atoms with Crippen molar-refractivity contribution in [2.45, 2.75) is 20.3 Å². The van der Waals surface area contributed by atoms with Crippen molar-refractivity contribution >= 4 is 17.6 Å². The molecule has 1 aliphatic carbocycles. The van der Waals surface area contributed by atoms with Crippen LogP contribution in [0.3, 0.4) is 0 Å². The van der Waals surface area contributed by atoms with Crippen LogP contribution in [0.1, 0.15) is 20.3 Å². The van der Waals surface area contributed by atoms with Crippen molar-refractivity contribution in [2.75, 3.05) is 6.54 Å². The van der Waals surface area contributed by atoms with Gasteiger partial charge in [-0.1, -0.05) is 13.8 Å². The highest BCUT2D eigenvalue weighted by molar-refractivity contribution is 6.10. The lowest BCUT2D eigenvalue weighted by Gasteiger charge is -2.16. The molecule has 14 heavy (non-hydrogen) atoms. The summed E-state index contributed by atoms with van der Waals surface area (Å²) >= 11 is 0. The van der Waals surface area contributed by atoms with Gasteiger partial charge in [0.05, 0.1) is 18.4 Å². The molecule has 1 aliphatic heterocycles. The van der Waals surface area contributed by atoms with Crippen LogP contribution in [0, 0.1) is 17.8 Å². The summed E-state index contributed by atoms with van der Waals surface area (Å²) in [4.78, 5) is 35.4. The lowest BCUT2D eigenvalue weighted by atomic mass is 10.1. The van der Waals surface area contributed by atoms with E-state index >= 15 is 0 Å². The molecule has 4 nitrogen and oxygen atoms in total. The highest BCUT2D eigenvalue weighted by Gasteiger charge is 2.58. The Labute approximate surface area is 82.3 Å². The standard InChI is InChI=1S/C10H13NO3/c1-5(2)8(12)4-11-9(13)6-3-7(6)10(11)14/h5-7H,3-4H2,1-2H3. The summed E-state index contributed by atoms with van der Waals surface area (Å²) in [5.41, 5.74) is 0. The monoisotopic (exact) mass is 195 g/mol. The van der Waals surface area contributed by atoms with Crippen LogP contribution in [0.5, 0.6) is 0 Å². The van der Waals surface area contributed by atoms with Gasteiger partial charge in [0.25, 0.3) is 0 Å². The van der Waals surface area contributed by atoms with E-state index in [4.69, 9.17) is 0 Å². The number of nitrogens with zero attached hydrogens (tertiary/aromatic N) is 1. The molecule has 0 bridgehead atoms. The van der Waals surface area contributed by atoms with Crippen molar-refractivity contribution < 1.29 is 14.4 Å². The van der Waals surface area contributed by atoms with Crippen LogP contribution in [0.25, 0.3) is 0 Å². The van der Waals surface area contributed by atoms with Crippen LogP contribution in [-0.4, -0.2) is 29.0 Å². The van der Waals surface area contributed by atoms with Crippen LogP contribution in [0.15, 0.2) is 0 Å². The summed E-state index contributed by atoms with van der Waals surface area (Å²) in [6, 6.07) is 0. The van der Waals surface area contributed by atoms with E-state index in [1.807, 2.05) is 0 Å². The summed E-state index contributed by atoms with van der Waals surface area (Å²) < 4.78 is 0. The van der Waals surface area contributed by atoms with Gasteiger partial charge in [-0.3, -0.25) is 19.3 Å². The van der Waals surface area contributed by atoms with Gasteiger partial charge in [-0.15, -0.1) is 0 Å². The highest BCUT2D eigenvalue weighted by Crippen LogP contribution is 2.46. The number of hydrogen-bond donors (Lipinski definition) is 0. The molecule has 2 aliphatic rings. The lowest BCUT2D eigenvalue weighted by molar-refractivity contribution is -0.144. The maximum absolute atomic E-state index is 11.5. The molecular formula is C10H13NO3. The predicted octanol–water partition coefficient (Wildman–Crippen LogP) is 0.216. The Balaban J connectivity index is 2.02. The third kappa shape index (κ3) is 1.25. The minimum Gasteiger partial charge on any atom is -0.297 e. The van der Waals surface area contributed by atoms with Crippen LogP contribution in [0.2, 0.25) is 0 Å². The fraction of sp³-hybridized carbons (Fsp3) is 0.700. The zero-order valence-electron chi connectivity index (χ0n) is 8.32. The molecule has 2 amide bonds. The molecule has 1 saturated carbocycles. The topological polar surface area (TPSA) is 54.5 Å². The Kier molecular flexibility index (Phi) is 1.94. The summed E-state index contributed by atoms with van der Waals surface area (Å²) in [5, 5.41) is 0. The Morgan fingerprint density at radius 2 is 1.86 bits per heavy atom. The first-order chi connectivity index (χ1) is 6.52. The molecule has 0 aromatic rings. The number of hydrogen-bond acceptors (Lipinski definition) is 3. The van der Waals surface area contributed by atoms with E-state index in [2.05, 4.69) is 0 Å². The number of ketones is 1. The second-order valence-corrected chi connectivity index (χ2v) is 4.33. The number of piperidine rings is 1. The summed E-state index contributed by atoms with van der Waals surface area (Å²) in [5.74, 6) is -0.645. The van der Waals surface area contributed by atoms with Gasteiger partial charge < -0.3 is 0 Å². The average Bonchev–Trinajstić information content (AvgIpc) is 2.86. The van der Waals surface area contributed by atoms with E-state index in [0.29, 0.717) is 6.42 Å². The number of rotatable bonds is 3. The van der Waals surface area contributed by atoms with Crippen molar-refractivity contribution in [2.24, 2.45) is 17.8 Å². The third-order valence-electron chi connectivity index (χ3n) is 2.91. The second kappa shape index (κ2) is 2.90. The summed E-state index contributed by atoms with van der Waals surface area (Å²) in [6.07, 6.45) is 0.698. The molecule has 0 aromatic heterocycles. The Morgan fingerprint density at radius 3 is 2.29 bits per heavy atom. The number of fused-ring (bicyclic) bond motifs is 1. The van der Waals surface area contributed by atoms with Gasteiger partial charge in [0.1, 0.15) is 0 Å². The second-order valence-electron chi connectivity index (χ2n) is 4.33. The normalized spacial score (nSPS) is 29.8. The Morgan fingerprint density at radius 1 is 1.36 bits per heavy atom. The summed E-state index contributed by atoms with van der Waals surface area (Å²) in [6.45, 7) is 3.52. The van der Waals surface area contributed by atoms with Gasteiger partial charge >= 0.3 is 0 Å². The zero-order chi connectivity index (χ0) is 10.5. The van der Waals surface area contributed by atoms with Crippen LogP contribution in [-0.2, 0) is 14.4 Å². The van der Waals surface area contributed by atoms with E-state index in [0.717, 1.165) is 4.90 Å². The van der Waals surface area contributed by atoms with Crippen molar-refractivity contribution in [1.29, 1.82) is 0 Å². The Hall–Kier alpha value is -1.19. The lowest BCUT2D eigenvalue weighted by Crippen LogP contribution is -2.38. The molecule has 0 N–H and O–H groups in total. The molecule has 2 rings (SSSR count). The van der Waals surface area contributed by atoms with Gasteiger partial charge in [0.2, 0.25) is 11.8 Å². The number of Topliss-reactive ketones (excluding diaryl/α,β-unsaturated/α-hetero) is 1. The molecule has 1 saturated heterocycles. The van der Waals surface area contributed by atoms with E-state index in [9.17, 15) is 14.4 Å². The number of carbonyl (C=O) groups is 3. The van der Waals surface area contributed by atoms with Gasteiger partial charge in [0, 0.05) is 5.92 Å². The molecule has 76 valence electrons. The van der Waals surface area contributed by atoms with E-state index in [1.165, 1.54) is 0 Å². The van der Waals surface area contributed by atoms with E-state index in [-0.39, 0.29) is 41.9 Å². The van der Waals surface area contributed by atoms with Gasteiger partial charge in [-0.05, 0) is 6.42 Å². The highest BCUT2D eigenvalue weighted by atomic mass is 16.2. The number of carbonyl (C=O) groups excluding carboxylic acids is 3. The SMILES string of the molecule is CC(C)C(=O)CN1C(=O)C2CC2C1=O. The van der Waals surface area contributed by atoms with Crippen LogP contribution >= 0.6 is 0 Å². The minimum atomic E-state index is -0.144. The largest absolute Gasteiger partial charge is 0.297 e. The molecule has 1 heterocycles. The van der Waals surface area contributed by atoms with Crippen molar-refractivity contribution in [1.82, 2.24) is 4.90 Å². The predicted molar refractivity (Wildman–Crippen MR) is 48.2 cm³/mol. The quantitative estimate of drug-likeness (QED) is 0.605. The molecule has 2 atom stereocenters. The number of imide groups is 1. The van der Waals surface area contributed by atoms with Crippen molar-refractivity contribution in [3.8, 4) is 0 Å². The fourth-order valence-corrected chi connectivity index (χ4v) is 1.74. The number of likely N-dealkylation sites (tertiary alicyclic amines) is 1. The Bertz CT molecular complexity index is 301. The van der Waals surface area contributed by atoms with E-state index < -0.39 is 0 Å². The third-order valence-corrected chi connectivity index (χ3v) is 2.91. The van der Waals surface area contributed by atoms with Crippen molar-refractivity contribution in [3.05, 3.63) is 0 Å². The molecule has 0 radical (unpaired) electrons.